The first kappa shape index (κ1) is 17.0. The van der Waals surface area contributed by atoms with Gasteiger partial charge in [-0.2, -0.15) is 13.2 Å². The van der Waals surface area contributed by atoms with Crippen molar-refractivity contribution < 1.29 is 22.8 Å². The number of halogens is 3. The molecule has 0 atom stereocenters. The van der Waals surface area contributed by atoms with Crippen LogP contribution in [0.1, 0.15) is 15.2 Å². The molecule has 0 aliphatic carbocycles. The minimum absolute atomic E-state index is 0.158. The van der Waals surface area contributed by atoms with Crippen molar-refractivity contribution >= 4 is 28.8 Å². The normalized spacial score (nSPS) is 11.1. The third-order valence-electron chi connectivity index (χ3n) is 2.81. The fraction of sp³-hybridized carbons (Fsp3) is 0.200. The van der Waals surface area contributed by atoms with Gasteiger partial charge in [0, 0.05) is 5.69 Å². The lowest BCUT2D eigenvalue weighted by atomic mass is 10.1. The molecule has 0 radical (unpaired) electrons. The van der Waals surface area contributed by atoms with Gasteiger partial charge in [-0.25, -0.2) is 0 Å². The minimum atomic E-state index is -4.43. The molecule has 0 spiro atoms. The number of thiophene rings is 1. The van der Waals surface area contributed by atoms with Crippen LogP contribution in [0.4, 0.5) is 18.9 Å². The smallest absolute Gasteiger partial charge is 0.347 e. The Balaban J connectivity index is 1.87. The highest BCUT2D eigenvalue weighted by atomic mass is 32.1. The van der Waals surface area contributed by atoms with Crippen molar-refractivity contribution in [3.63, 3.8) is 0 Å². The maximum atomic E-state index is 12.0. The van der Waals surface area contributed by atoms with Crippen LogP contribution in [0, 0.1) is 0 Å². The number of carbonyl (C=O) groups excluding carboxylic acids is 2. The lowest BCUT2D eigenvalue weighted by Gasteiger charge is -2.09. The zero-order chi connectivity index (χ0) is 16.9. The van der Waals surface area contributed by atoms with E-state index < -0.39 is 18.6 Å². The van der Waals surface area contributed by atoms with Gasteiger partial charge in [0.05, 0.1) is 11.3 Å². The van der Waals surface area contributed by atoms with E-state index >= 15 is 0 Å². The van der Waals surface area contributed by atoms with E-state index in [1.165, 1.54) is 11.3 Å². The van der Waals surface area contributed by atoms with Crippen LogP contribution in [0.25, 0.3) is 0 Å². The Labute approximate surface area is 134 Å². The summed E-state index contributed by atoms with van der Waals surface area (Å²) in [5.74, 6) is -0.951. The highest BCUT2D eigenvalue weighted by Gasteiger charge is 2.27. The second kappa shape index (κ2) is 7.28. The summed E-state index contributed by atoms with van der Waals surface area (Å²) in [6.45, 7) is -1.35. The summed E-state index contributed by atoms with van der Waals surface area (Å²) in [6, 6.07) is 9.81. The molecule has 2 N–H and O–H groups in total. The van der Waals surface area contributed by atoms with Crippen molar-refractivity contribution in [1.29, 1.82) is 0 Å². The predicted octanol–water partition coefficient (Wildman–Crippen LogP) is 3.22. The van der Waals surface area contributed by atoms with Gasteiger partial charge in [0.2, 0.25) is 5.91 Å². The van der Waals surface area contributed by atoms with Crippen LogP contribution < -0.4 is 10.6 Å². The Morgan fingerprint density at radius 3 is 2.35 bits per heavy atom. The van der Waals surface area contributed by atoms with Crippen LogP contribution in [0.2, 0.25) is 0 Å². The zero-order valence-corrected chi connectivity index (χ0v) is 12.6. The number of amides is 2. The standard InChI is InChI=1S/C15H13F3N2O2S/c16-15(17,18)9-19-13(21)8-10-3-5-11(6-4-10)20-14(22)12-2-1-7-23-12/h1-7H,8-9H2,(H,19,21)(H,20,22). The summed E-state index contributed by atoms with van der Waals surface area (Å²) in [5, 5.41) is 6.29. The quantitative estimate of drug-likeness (QED) is 0.876. The molecular formula is C15H13F3N2O2S. The molecule has 2 rings (SSSR count). The average Bonchev–Trinajstić information content (AvgIpc) is 3.01. The van der Waals surface area contributed by atoms with Crippen molar-refractivity contribution in [3.8, 4) is 0 Å². The van der Waals surface area contributed by atoms with Gasteiger partial charge in [-0.05, 0) is 29.1 Å². The van der Waals surface area contributed by atoms with E-state index in [0.717, 1.165) is 0 Å². The summed E-state index contributed by atoms with van der Waals surface area (Å²) >= 11 is 1.31. The van der Waals surface area contributed by atoms with Crippen LogP contribution in [-0.2, 0) is 11.2 Å². The molecule has 0 saturated heterocycles. The molecular weight excluding hydrogens is 329 g/mol. The summed E-state index contributed by atoms with van der Waals surface area (Å²) < 4.78 is 36.0. The van der Waals surface area contributed by atoms with E-state index in [9.17, 15) is 22.8 Å². The van der Waals surface area contributed by atoms with Crippen molar-refractivity contribution in [3.05, 3.63) is 52.2 Å². The summed E-state index contributed by atoms with van der Waals surface area (Å²) in [7, 11) is 0. The van der Waals surface area contributed by atoms with Gasteiger partial charge in [0.1, 0.15) is 6.54 Å². The molecule has 0 bridgehead atoms. The monoisotopic (exact) mass is 342 g/mol. The van der Waals surface area contributed by atoms with Crippen molar-refractivity contribution in [2.45, 2.75) is 12.6 Å². The molecule has 0 unspecified atom stereocenters. The second-order valence-corrected chi connectivity index (χ2v) is 5.64. The lowest BCUT2D eigenvalue weighted by Crippen LogP contribution is -2.34. The van der Waals surface area contributed by atoms with Gasteiger partial charge < -0.3 is 10.6 Å². The van der Waals surface area contributed by atoms with Crippen molar-refractivity contribution in [2.24, 2.45) is 0 Å². The fourth-order valence-electron chi connectivity index (χ4n) is 1.75. The Morgan fingerprint density at radius 2 is 1.78 bits per heavy atom. The molecule has 0 saturated carbocycles. The Bertz CT molecular complexity index is 667. The number of nitrogens with one attached hydrogen (secondary N) is 2. The number of anilines is 1. The molecule has 8 heteroatoms. The van der Waals surface area contributed by atoms with Gasteiger partial charge in [-0.15, -0.1) is 11.3 Å². The average molecular weight is 342 g/mol. The van der Waals surface area contributed by atoms with E-state index in [1.807, 2.05) is 0 Å². The summed E-state index contributed by atoms with van der Waals surface area (Å²) in [4.78, 5) is 23.8. The molecule has 0 aliphatic heterocycles. The number of carbonyl (C=O) groups is 2. The predicted molar refractivity (Wildman–Crippen MR) is 81.5 cm³/mol. The summed E-state index contributed by atoms with van der Waals surface area (Å²) in [6.07, 6.45) is -4.58. The first-order chi connectivity index (χ1) is 10.8. The van der Waals surface area contributed by atoms with Crippen LogP contribution in [0.15, 0.2) is 41.8 Å². The van der Waals surface area contributed by atoms with E-state index in [0.29, 0.717) is 16.1 Å². The number of hydrogen-bond donors (Lipinski definition) is 2. The number of rotatable bonds is 5. The maximum Gasteiger partial charge on any atom is 0.405 e. The largest absolute Gasteiger partial charge is 0.405 e. The molecule has 2 aromatic rings. The van der Waals surface area contributed by atoms with Crippen molar-refractivity contribution in [1.82, 2.24) is 5.32 Å². The third-order valence-corrected chi connectivity index (χ3v) is 3.68. The molecule has 0 fully saturated rings. The van der Waals surface area contributed by atoms with Crippen LogP contribution >= 0.6 is 11.3 Å². The topological polar surface area (TPSA) is 58.2 Å². The summed E-state index contributed by atoms with van der Waals surface area (Å²) in [5.41, 5.74) is 1.10. The fourth-order valence-corrected chi connectivity index (χ4v) is 2.37. The zero-order valence-electron chi connectivity index (χ0n) is 11.8. The van der Waals surface area contributed by atoms with Gasteiger partial charge in [-0.3, -0.25) is 9.59 Å². The molecule has 1 aromatic carbocycles. The molecule has 122 valence electrons. The molecule has 23 heavy (non-hydrogen) atoms. The van der Waals surface area contributed by atoms with Gasteiger partial charge in [0.15, 0.2) is 0 Å². The van der Waals surface area contributed by atoms with Crippen LogP contribution in [0.3, 0.4) is 0 Å². The maximum absolute atomic E-state index is 12.0. The minimum Gasteiger partial charge on any atom is -0.347 e. The van der Waals surface area contributed by atoms with E-state index in [4.69, 9.17) is 0 Å². The molecule has 1 heterocycles. The SMILES string of the molecule is O=C(Cc1ccc(NC(=O)c2cccs2)cc1)NCC(F)(F)F. The van der Waals surface area contributed by atoms with Crippen LogP contribution in [0.5, 0.6) is 0 Å². The highest BCUT2D eigenvalue weighted by Crippen LogP contribution is 2.15. The van der Waals surface area contributed by atoms with Crippen LogP contribution in [-0.4, -0.2) is 24.5 Å². The molecule has 2 amide bonds. The second-order valence-electron chi connectivity index (χ2n) is 4.70. The van der Waals surface area contributed by atoms with Gasteiger partial charge in [-0.1, -0.05) is 18.2 Å². The van der Waals surface area contributed by atoms with E-state index in [-0.39, 0.29) is 12.3 Å². The Kier molecular flexibility index (Phi) is 5.38. The molecule has 1 aromatic heterocycles. The number of benzene rings is 1. The molecule has 0 aliphatic rings. The lowest BCUT2D eigenvalue weighted by molar-refractivity contribution is -0.138. The third kappa shape index (κ3) is 5.74. The van der Waals surface area contributed by atoms with E-state index in [2.05, 4.69) is 5.32 Å². The Morgan fingerprint density at radius 1 is 1.09 bits per heavy atom. The van der Waals surface area contributed by atoms with Crippen molar-refractivity contribution in [2.75, 3.05) is 11.9 Å². The Hall–Kier alpha value is -2.35. The molecule has 4 nitrogen and oxygen atoms in total. The highest BCUT2D eigenvalue weighted by molar-refractivity contribution is 7.12. The van der Waals surface area contributed by atoms with Gasteiger partial charge in [0.25, 0.3) is 5.91 Å². The van der Waals surface area contributed by atoms with E-state index in [1.54, 1.807) is 47.1 Å². The first-order valence-corrected chi connectivity index (χ1v) is 7.49. The number of alkyl halides is 3. The number of hydrogen-bond acceptors (Lipinski definition) is 3. The van der Waals surface area contributed by atoms with Gasteiger partial charge >= 0.3 is 6.18 Å². The first-order valence-electron chi connectivity index (χ1n) is 6.61.